The van der Waals surface area contributed by atoms with Gasteiger partial charge in [0.25, 0.3) is 0 Å². The van der Waals surface area contributed by atoms with Crippen LogP contribution in [0.2, 0.25) is 0 Å². The average Bonchev–Trinajstić information content (AvgIpc) is 2.87. The molecule has 0 bridgehead atoms. The van der Waals surface area contributed by atoms with E-state index in [1.165, 1.54) is 11.1 Å². The highest BCUT2D eigenvalue weighted by Gasteiger charge is 2.14. The zero-order valence-corrected chi connectivity index (χ0v) is 11.9. The minimum Gasteiger partial charge on any atom is -0.493 e. The molecule has 1 aromatic carbocycles. The van der Waals surface area contributed by atoms with Crippen LogP contribution in [0.15, 0.2) is 18.2 Å². The van der Waals surface area contributed by atoms with Gasteiger partial charge in [-0.05, 0) is 36.5 Å². The van der Waals surface area contributed by atoms with Crippen LogP contribution in [-0.4, -0.2) is 19.1 Å². The van der Waals surface area contributed by atoms with Crippen LogP contribution in [0.1, 0.15) is 37.8 Å². The zero-order valence-electron chi connectivity index (χ0n) is 11.9. The summed E-state index contributed by atoms with van der Waals surface area (Å²) < 4.78 is 5.49. The van der Waals surface area contributed by atoms with E-state index < -0.39 is 0 Å². The summed E-state index contributed by atoms with van der Waals surface area (Å²) in [6.07, 6.45) is 3.72. The Morgan fingerprint density at radius 2 is 2.16 bits per heavy atom. The van der Waals surface area contributed by atoms with Crippen LogP contribution in [0, 0.1) is 5.92 Å². The van der Waals surface area contributed by atoms with Gasteiger partial charge in [-0.1, -0.05) is 26.0 Å². The predicted octanol–water partition coefficient (Wildman–Crippen LogP) is 2.72. The highest BCUT2D eigenvalue weighted by molar-refractivity contribution is 5.78. The molecule has 0 radical (unpaired) electrons. The van der Waals surface area contributed by atoms with Crippen LogP contribution in [0.25, 0.3) is 0 Å². The minimum absolute atomic E-state index is 0.161. The Morgan fingerprint density at radius 3 is 2.89 bits per heavy atom. The van der Waals surface area contributed by atoms with Gasteiger partial charge >= 0.3 is 0 Å². The third-order valence-electron chi connectivity index (χ3n) is 3.82. The summed E-state index contributed by atoms with van der Waals surface area (Å²) in [4.78, 5) is 11.9. The molecule has 0 spiro atoms. The van der Waals surface area contributed by atoms with Crippen molar-refractivity contribution in [2.24, 2.45) is 5.92 Å². The van der Waals surface area contributed by atoms with Crippen molar-refractivity contribution in [3.05, 3.63) is 29.3 Å². The van der Waals surface area contributed by atoms with Gasteiger partial charge in [0.05, 0.1) is 6.61 Å². The van der Waals surface area contributed by atoms with Crippen molar-refractivity contribution in [2.45, 2.75) is 39.5 Å². The van der Waals surface area contributed by atoms with Crippen LogP contribution < -0.4 is 10.1 Å². The molecule has 2 rings (SSSR count). The topological polar surface area (TPSA) is 38.3 Å². The van der Waals surface area contributed by atoms with Crippen molar-refractivity contribution >= 4 is 5.91 Å². The van der Waals surface area contributed by atoms with Gasteiger partial charge < -0.3 is 10.1 Å². The fourth-order valence-corrected chi connectivity index (χ4v) is 2.53. The average molecular weight is 261 g/mol. The molecular weight excluding hydrogens is 238 g/mol. The molecule has 104 valence electrons. The smallest absolute Gasteiger partial charge is 0.223 e. The lowest BCUT2D eigenvalue weighted by molar-refractivity contribution is -0.125. The van der Waals surface area contributed by atoms with Crippen molar-refractivity contribution in [1.29, 1.82) is 0 Å². The normalized spacial score (nSPS) is 13.2. The molecule has 0 aromatic heterocycles. The second-order valence-electron chi connectivity index (χ2n) is 5.09. The first-order chi connectivity index (χ1) is 9.24. The quantitative estimate of drug-likeness (QED) is 0.855. The Bertz CT molecular complexity index is 438. The maximum Gasteiger partial charge on any atom is 0.223 e. The lowest BCUT2D eigenvalue weighted by Crippen LogP contribution is -2.31. The number of fused-ring (bicyclic) bond motifs is 1. The van der Waals surface area contributed by atoms with Gasteiger partial charge in [0.2, 0.25) is 5.91 Å². The number of carbonyl (C=O) groups excluding carboxylic acids is 1. The van der Waals surface area contributed by atoms with E-state index in [2.05, 4.69) is 31.3 Å². The number of benzene rings is 1. The molecule has 1 aromatic rings. The number of nitrogens with one attached hydrogen (secondary N) is 1. The minimum atomic E-state index is 0.161. The van der Waals surface area contributed by atoms with Gasteiger partial charge in [-0.3, -0.25) is 4.79 Å². The molecule has 1 aliphatic rings. The van der Waals surface area contributed by atoms with Crippen LogP contribution in [0.4, 0.5) is 0 Å². The number of rotatable bonds is 6. The molecule has 3 nitrogen and oxygen atoms in total. The molecular formula is C16H23NO2. The van der Waals surface area contributed by atoms with E-state index >= 15 is 0 Å². The Morgan fingerprint density at radius 1 is 1.37 bits per heavy atom. The first-order valence-electron chi connectivity index (χ1n) is 7.27. The molecule has 1 heterocycles. The number of carbonyl (C=O) groups is 1. The lowest BCUT2D eigenvalue weighted by Gasteiger charge is -2.12. The van der Waals surface area contributed by atoms with Gasteiger partial charge in [0.15, 0.2) is 0 Å². The fraction of sp³-hybridized carbons (Fsp3) is 0.562. The summed E-state index contributed by atoms with van der Waals surface area (Å²) in [7, 11) is 0. The van der Waals surface area contributed by atoms with Crippen molar-refractivity contribution < 1.29 is 9.53 Å². The lowest BCUT2D eigenvalue weighted by atomic mass is 10.0. The largest absolute Gasteiger partial charge is 0.493 e. The van der Waals surface area contributed by atoms with E-state index in [1.807, 2.05) is 6.07 Å². The molecule has 0 fully saturated rings. The van der Waals surface area contributed by atoms with Crippen molar-refractivity contribution in [3.8, 4) is 5.75 Å². The fourth-order valence-electron chi connectivity index (χ4n) is 2.53. The standard InChI is InChI=1S/C16H23NO2/c1-3-13(4-2)16(18)17-9-7-12-5-6-15-14(11-12)8-10-19-15/h5-6,11,13H,3-4,7-10H2,1-2H3,(H,17,18). The Balaban J connectivity index is 1.81. The molecule has 19 heavy (non-hydrogen) atoms. The van der Waals surface area contributed by atoms with Crippen molar-refractivity contribution in [2.75, 3.05) is 13.2 Å². The number of hydrogen-bond acceptors (Lipinski definition) is 2. The second-order valence-corrected chi connectivity index (χ2v) is 5.09. The molecule has 3 heteroatoms. The van der Waals surface area contributed by atoms with E-state index in [4.69, 9.17) is 4.74 Å². The number of ether oxygens (including phenoxy) is 1. The molecule has 0 unspecified atom stereocenters. The van der Waals surface area contributed by atoms with Gasteiger partial charge in [-0.25, -0.2) is 0 Å². The first-order valence-corrected chi connectivity index (χ1v) is 7.27. The van der Waals surface area contributed by atoms with E-state index in [0.717, 1.165) is 44.6 Å². The van der Waals surface area contributed by atoms with Crippen LogP contribution >= 0.6 is 0 Å². The third kappa shape index (κ3) is 3.49. The SMILES string of the molecule is CCC(CC)C(=O)NCCc1ccc2c(c1)CCO2. The molecule has 1 aliphatic heterocycles. The molecule has 1 amide bonds. The summed E-state index contributed by atoms with van der Waals surface area (Å²) >= 11 is 0. The summed E-state index contributed by atoms with van der Waals surface area (Å²) in [6.45, 7) is 5.64. The summed E-state index contributed by atoms with van der Waals surface area (Å²) in [5, 5.41) is 3.03. The van der Waals surface area contributed by atoms with Crippen LogP contribution in [-0.2, 0) is 17.6 Å². The Labute approximate surface area is 115 Å². The van der Waals surface area contributed by atoms with E-state index in [-0.39, 0.29) is 11.8 Å². The number of amides is 1. The highest BCUT2D eigenvalue weighted by Crippen LogP contribution is 2.25. The molecule has 0 atom stereocenters. The van der Waals surface area contributed by atoms with Crippen LogP contribution in [0.5, 0.6) is 5.75 Å². The third-order valence-corrected chi connectivity index (χ3v) is 3.82. The van der Waals surface area contributed by atoms with Gasteiger partial charge in [-0.15, -0.1) is 0 Å². The molecule has 0 saturated heterocycles. The zero-order chi connectivity index (χ0) is 13.7. The Kier molecular flexibility index (Phi) is 4.83. The van der Waals surface area contributed by atoms with E-state index in [0.29, 0.717) is 0 Å². The highest BCUT2D eigenvalue weighted by atomic mass is 16.5. The maximum absolute atomic E-state index is 11.9. The van der Waals surface area contributed by atoms with Crippen molar-refractivity contribution in [3.63, 3.8) is 0 Å². The molecule has 0 saturated carbocycles. The van der Waals surface area contributed by atoms with Gasteiger partial charge in [-0.2, -0.15) is 0 Å². The Hall–Kier alpha value is -1.51. The molecule has 1 N–H and O–H groups in total. The number of hydrogen-bond donors (Lipinski definition) is 1. The van der Waals surface area contributed by atoms with Gasteiger partial charge in [0, 0.05) is 18.9 Å². The monoisotopic (exact) mass is 261 g/mol. The maximum atomic E-state index is 11.9. The summed E-state index contributed by atoms with van der Waals surface area (Å²) in [5.41, 5.74) is 2.57. The van der Waals surface area contributed by atoms with E-state index in [9.17, 15) is 4.79 Å². The van der Waals surface area contributed by atoms with Crippen LogP contribution in [0.3, 0.4) is 0 Å². The first kappa shape index (κ1) is 13.9. The molecule has 0 aliphatic carbocycles. The van der Waals surface area contributed by atoms with Gasteiger partial charge in [0.1, 0.15) is 5.75 Å². The van der Waals surface area contributed by atoms with Crippen molar-refractivity contribution in [1.82, 2.24) is 5.32 Å². The summed E-state index contributed by atoms with van der Waals surface area (Å²) in [6, 6.07) is 6.33. The second kappa shape index (κ2) is 6.60. The summed E-state index contributed by atoms with van der Waals surface area (Å²) in [5.74, 6) is 1.37. The van der Waals surface area contributed by atoms with E-state index in [1.54, 1.807) is 0 Å². The predicted molar refractivity (Wildman–Crippen MR) is 76.4 cm³/mol.